The first kappa shape index (κ1) is 18.7. The fourth-order valence-electron chi connectivity index (χ4n) is 2.44. The molecule has 0 saturated heterocycles. The third-order valence-electron chi connectivity index (χ3n) is 3.77. The van der Waals surface area contributed by atoms with Gasteiger partial charge in [0, 0.05) is 44.9 Å². The molecule has 0 amide bonds. The van der Waals surface area contributed by atoms with Crippen molar-refractivity contribution in [2.45, 2.75) is 37.7 Å². The average Bonchev–Trinajstić information content (AvgIpc) is 3.05. The highest BCUT2D eigenvalue weighted by molar-refractivity contribution is 7.83. The molecule has 1 atom stereocenters. The Morgan fingerprint density at radius 3 is 2.38 bits per heavy atom. The second-order valence-corrected chi connectivity index (χ2v) is 9.42. The number of nitrogens with zero attached hydrogens (tertiary/aromatic N) is 2. The lowest BCUT2D eigenvalue weighted by Gasteiger charge is -2.12. The third-order valence-corrected chi connectivity index (χ3v) is 5.71. The van der Waals surface area contributed by atoms with Crippen LogP contribution in [-0.4, -0.2) is 13.6 Å². The lowest BCUT2D eigenvalue weighted by atomic mass is 9.96. The first-order chi connectivity index (χ1) is 12.4. The monoisotopic (exact) mass is 385 g/mol. The highest BCUT2D eigenvalue weighted by Gasteiger charge is 2.19. The number of anilines is 2. The summed E-state index contributed by atoms with van der Waals surface area (Å²) < 4.78 is 16.9. The zero-order valence-electron chi connectivity index (χ0n) is 15.2. The van der Waals surface area contributed by atoms with Gasteiger partial charge in [0.05, 0.1) is 0 Å². The number of hydrogen-bond donors (Lipinski definition) is 1. The Kier molecular flexibility index (Phi) is 5.84. The summed E-state index contributed by atoms with van der Waals surface area (Å²) in [4.78, 5) is 4.56. The fourth-order valence-corrected chi connectivity index (χ4v) is 4.43. The summed E-state index contributed by atoms with van der Waals surface area (Å²) >= 11 is 1.36. The smallest absolute Gasteiger partial charge is 0.207 e. The van der Waals surface area contributed by atoms with Crippen molar-refractivity contribution in [2.75, 3.05) is 5.32 Å². The summed E-state index contributed by atoms with van der Waals surface area (Å²) in [6.45, 7) is 6.30. The van der Waals surface area contributed by atoms with Crippen molar-refractivity contribution in [1.29, 1.82) is 0 Å². The first-order valence-electron chi connectivity index (χ1n) is 8.49. The topological polar surface area (TPSA) is 54.9 Å². The Balaban J connectivity index is 1.64. The Hall–Kier alpha value is -2.05. The van der Waals surface area contributed by atoms with Gasteiger partial charge in [0.15, 0.2) is 0 Å². The van der Waals surface area contributed by atoms with Gasteiger partial charge in [0.1, 0.15) is 5.82 Å². The average molecular weight is 386 g/mol. The molecule has 0 spiro atoms. The van der Waals surface area contributed by atoms with E-state index in [1.54, 1.807) is 0 Å². The van der Waals surface area contributed by atoms with Crippen molar-refractivity contribution in [1.82, 2.24) is 9.36 Å². The molecule has 0 fully saturated rings. The standard InChI is InChI=1S/C20H23N3OS2/c1-20(2,3)18-22-19(25-23-18)21-17-11-7-10-16(12-17)14-26(24)13-15-8-5-4-6-9-15/h4-12H,13-14H2,1-3H3,(H,21,22,23). The van der Waals surface area contributed by atoms with Crippen LogP contribution in [0.4, 0.5) is 10.8 Å². The molecule has 26 heavy (non-hydrogen) atoms. The molecule has 2 aromatic carbocycles. The molecule has 0 radical (unpaired) electrons. The zero-order chi connectivity index (χ0) is 18.6. The van der Waals surface area contributed by atoms with Crippen LogP contribution < -0.4 is 5.32 Å². The number of rotatable bonds is 6. The Labute approximate surface area is 161 Å². The van der Waals surface area contributed by atoms with E-state index in [0.717, 1.165) is 27.8 Å². The summed E-state index contributed by atoms with van der Waals surface area (Å²) in [6, 6.07) is 18.0. The van der Waals surface area contributed by atoms with E-state index < -0.39 is 10.8 Å². The SMILES string of the molecule is CC(C)(C)c1nsc(Nc2cccc(CS(=O)Cc3ccccc3)c2)n1. The van der Waals surface area contributed by atoms with Crippen LogP contribution in [0, 0.1) is 0 Å². The second-order valence-electron chi connectivity index (χ2n) is 7.21. The first-order valence-corrected chi connectivity index (χ1v) is 10.8. The van der Waals surface area contributed by atoms with Crippen molar-refractivity contribution in [3.8, 4) is 0 Å². The summed E-state index contributed by atoms with van der Waals surface area (Å²) in [5, 5.41) is 4.08. The number of hydrogen-bond acceptors (Lipinski definition) is 5. The summed E-state index contributed by atoms with van der Waals surface area (Å²) in [5.41, 5.74) is 3.02. The molecule has 3 aromatic rings. The number of aromatic nitrogens is 2. The molecule has 136 valence electrons. The van der Waals surface area contributed by atoms with E-state index >= 15 is 0 Å². The molecule has 1 heterocycles. The highest BCUT2D eigenvalue weighted by Crippen LogP contribution is 2.25. The van der Waals surface area contributed by atoms with Crippen LogP contribution >= 0.6 is 11.5 Å². The maximum atomic E-state index is 12.4. The summed E-state index contributed by atoms with van der Waals surface area (Å²) in [6.07, 6.45) is 0. The minimum atomic E-state index is -0.938. The van der Waals surface area contributed by atoms with Gasteiger partial charge in [-0.3, -0.25) is 4.21 Å². The van der Waals surface area contributed by atoms with Gasteiger partial charge in [-0.2, -0.15) is 4.37 Å². The van der Waals surface area contributed by atoms with E-state index in [2.05, 4.69) is 35.4 Å². The predicted octanol–water partition coefficient (Wildman–Crippen LogP) is 5.03. The quantitative estimate of drug-likeness (QED) is 0.647. The summed E-state index contributed by atoms with van der Waals surface area (Å²) in [5.74, 6) is 1.95. The van der Waals surface area contributed by atoms with Crippen LogP contribution in [-0.2, 0) is 27.7 Å². The van der Waals surface area contributed by atoms with Crippen LogP contribution in [0.25, 0.3) is 0 Å². The van der Waals surface area contributed by atoms with Crippen LogP contribution in [0.15, 0.2) is 54.6 Å². The van der Waals surface area contributed by atoms with Gasteiger partial charge in [-0.05, 0) is 23.3 Å². The second kappa shape index (κ2) is 8.10. The van der Waals surface area contributed by atoms with E-state index in [-0.39, 0.29) is 5.41 Å². The molecule has 6 heteroatoms. The van der Waals surface area contributed by atoms with Crippen LogP contribution in [0.5, 0.6) is 0 Å². The molecule has 1 aromatic heterocycles. The van der Waals surface area contributed by atoms with E-state index in [0.29, 0.717) is 11.5 Å². The Morgan fingerprint density at radius 2 is 1.69 bits per heavy atom. The molecule has 0 bridgehead atoms. The van der Waals surface area contributed by atoms with Gasteiger partial charge < -0.3 is 5.32 Å². The van der Waals surface area contributed by atoms with E-state index in [1.807, 2.05) is 54.6 Å². The lowest BCUT2D eigenvalue weighted by Crippen LogP contribution is -2.13. The van der Waals surface area contributed by atoms with Gasteiger partial charge >= 0.3 is 0 Å². The van der Waals surface area contributed by atoms with Crippen molar-refractivity contribution in [3.05, 3.63) is 71.5 Å². The number of nitrogens with one attached hydrogen (secondary N) is 1. The van der Waals surface area contributed by atoms with Gasteiger partial charge in [-0.25, -0.2) is 4.98 Å². The lowest BCUT2D eigenvalue weighted by molar-refractivity contribution is 0.555. The molecule has 0 aliphatic carbocycles. The van der Waals surface area contributed by atoms with Crippen molar-refractivity contribution in [2.24, 2.45) is 0 Å². The largest absolute Gasteiger partial charge is 0.330 e. The van der Waals surface area contributed by atoms with Crippen molar-refractivity contribution < 1.29 is 4.21 Å². The molecule has 4 nitrogen and oxygen atoms in total. The van der Waals surface area contributed by atoms with Gasteiger partial charge in [0.2, 0.25) is 5.13 Å². The molecular formula is C20H23N3OS2. The molecular weight excluding hydrogens is 362 g/mol. The van der Waals surface area contributed by atoms with Gasteiger partial charge in [0.25, 0.3) is 0 Å². The fraction of sp³-hybridized carbons (Fsp3) is 0.300. The molecule has 0 aliphatic heterocycles. The number of benzene rings is 2. The zero-order valence-corrected chi connectivity index (χ0v) is 16.9. The van der Waals surface area contributed by atoms with Gasteiger partial charge in [-0.15, -0.1) is 0 Å². The Morgan fingerprint density at radius 1 is 1.00 bits per heavy atom. The van der Waals surface area contributed by atoms with Crippen molar-refractivity contribution in [3.63, 3.8) is 0 Å². The Bertz CT molecular complexity index is 885. The van der Waals surface area contributed by atoms with Crippen LogP contribution in [0.2, 0.25) is 0 Å². The predicted molar refractivity (Wildman–Crippen MR) is 110 cm³/mol. The third kappa shape index (κ3) is 5.22. The normalized spacial score (nSPS) is 12.7. The maximum Gasteiger partial charge on any atom is 0.207 e. The van der Waals surface area contributed by atoms with Crippen LogP contribution in [0.3, 0.4) is 0 Å². The van der Waals surface area contributed by atoms with E-state index in [4.69, 9.17) is 0 Å². The molecule has 1 N–H and O–H groups in total. The minimum Gasteiger partial charge on any atom is -0.330 e. The maximum absolute atomic E-state index is 12.4. The van der Waals surface area contributed by atoms with Gasteiger partial charge in [-0.1, -0.05) is 63.2 Å². The molecule has 1 unspecified atom stereocenters. The van der Waals surface area contributed by atoms with E-state index in [1.165, 1.54) is 11.5 Å². The molecule has 0 aliphatic rings. The molecule has 3 rings (SSSR count). The molecule has 0 saturated carbocycles. The van der Waals surface area contributed by atoms with Crippen LogP contribution in [0.1, 0.15) is 37.7 Å². The minimum absolute atomic E-state index is 0.0629. The van der Waals surface area contributed by atoms with E-state index in [9.17, 15) is 4.21 Å². The van der Waals surface area contributed by atoms with Crippen molar-refractivity contribution >= 4 is 33.2 Å². The summed E-state index contributed by atoms with van der Waals surface area (Å²) in [7, 11) is -0.938. The highest BCUT2D eigenvalue weighted by atomic mass is 32.2.